The van der Waals surface area contributed by atoms with Gasteiger partial charge in [-0.15, -0.1) is 9.78 Å². The Morgan fingerprint density at radius 1 is 1.21 bits per heavy atom. The van der Waals surface area contributed by atoms with Crippen LogP contribution in [0.3, 0.4) is 0 Å². The summed E-state index contributed by atoms with van der Waals surface area (Å²) in [6, 6.07) is 4.66. The number of carbonyl (C=O) groups excluding carboxylic acids is 1. The number of alkyl halides is 3. The molecule has 7 nitrogen and oxygen atoms in total. The molecule has 0 bridgehead atoms. The molecule has 3 rings (SSSR count). The molecule has 11 heteroatoms. The summed E-state index contributed by atoms with van der Waals surface area (Å²) < 4.78 is 40.2. The zero-order chi connectivity index (χ0) is 21.2. The molecule has 0 radical (unpaired) electrons. The van der Waals surface area contributed by atoms with E-state index in [4.69, 9.17) is 11.6 Å². The first-order valence-corrected chi connectivity index (χ1v) is 8.89. The van der Waals surface area contributed by atoms with Crippen LogP contribution in [0.5, 0.6) is 0 Å². The van der Waals surface area contributed by atoms with Gasteiger partial charge in [0.1, 0.15) is 0 Å². The molecule has 0 atom stereocenters. The minimum Gasteiger partial charge on any atom is -0.336 e. The maximum absolute atomic E-state index is 12.9. The number of nitrogens with one attached hydrogen (secondary N) is 1. The van der Waals surface area contributed by atoms with E-state index in [2.05, 4.69) is 15.4 Å². The lowest BCUT2D eigenvalue weighted by Gasteiger charge is -2.09. The maximum atomic E-state index is 12.9. The minimum atomic E-state index is -4.52. The van der Waals surface area contributed by atoms with Crippen molar-refractivity contribution in [2.45, 2.75) is 19.5 Å². The van der Waals surface area contributed by atoms with Gasteiger partial charge in [0.15, 0.2) is 5.82 Å². The Labute approximate surface area is 167 Å². The fraction of sp³-hybridized carbons (Fsp3) is 0.222. The van der Waals surface area contributed by atoms with Crippen LogP contribution in [0, 0.1) is 0 Å². The average Bonchev–Trinajstić information content (AvgIpc) is 3.03. The monoisotopic (exact) mass is 425 g/mol. The van der Waals surface area contributed by atoms with Gasteiger partial charge in [0.25, 0.3) is 0 Å². The molecule has 2 heterocycles. The number of carbonyl (C=O) groups is 1. The molecule has 2 aromatic heterocycles. The van der Waals surface area contributed by atoms with Crippen molar-refractivity contribution < 1.29 is 18.0 Å². The second-order valence-corrected chi connectivity index (χ2v) is 6.39. The van der Waals surface area contributed by atoms with Gasteiger partial charge in [-0.2, -0.15) is 13.2 Å². The Hall–Kier alpha value is -3.14. The lowest BCUT2D eigenvalue weighted by Crippen LogP contribution is -2.37. The number of rotatable bonds is 4. The quantitative estimate of drug-likeness (QED) is 0.690. The first kappa shape index (κ1) is 20.6. The number of amides is 1. The van der Waals surface area contributed by atoms with Crippen LogP contribution in [0.4, 0.5) is 18.0 Å². The Kier molecular flexibility index (Phi) is 5.73. The highest BCUT2D eigenvalue weighted by Crippen LogP contribution is 2.31. The second kappa shape index (κ2) is 8.08. The van der Waals surface area contributed by atoms with E-state index in [0.29, 0.717) is 23.2 Å². The van der Waals surface area contributed by atoms with Crippen LogP contribution >= 0.6 is 11.6 Å². The predicted octanol–water partition coefficient (Wildman–Crippen LogP) is 3.74. The molecule has 1 amide bonds. The summed E-state index contributed by atoms with van der Waals surface area (Å²) >= 11 is 6.15. The van der Waals surface area contributed by atoms with Gasteiger partial charge in [0, 0.05) is 24.5 Å². The van der Waals surface area contributed by atoms with E-state index in [9.17, 15) is 22.8 Å². The van der Waals surface area contributed by atoms with Crippen LogP contribution in [0.1, 0.15) is 18.9 Å². The topological polar surface area (TPSA) is 81.8 Å². The third kappa shape index (κ3) is 4.16. The molecular formula is C18H15ClF3N5O2. The van der Waals surface area contributed by atoms with E-state index in [1.54, 1.807) is 0 Å². The fourth-order valence-electron chi connectivity index (χ4n) is 2.57. The summed E-state index contributed by atoms with van der Waals surface area (Å²) in [6.07, 6.45) is -1.14. The summed E-state index contributed by atoms with van der Waals surface area (Å²) in [6.45, 7) is 2.16. The van der Waals surface area contributed by atoms with Crippen molar-refractivity contribution in [3.8, 4) is 17.1 Å². The number of hydrogen-bond acceptors (Lipinski definition) is 4. The van der Waals surface area contributed by atoms with E-state index < -0.39 is 23.5 Å². The number of pyridine rings is 1. The minimum absolute atomic E-state index is 0.00573. The van der Waals surface area contributed by atoms with E-state index >= 15 is 0 Å². The number of nitrogens with zero attached hydrogens (tertiary/aromatic N) is 4. The standard InChI is InChI=1S/C18H15ClF3N5O2/c1-2-8-24-16(28)27-17(29)26(12-5-3-11(4-6-12)18(20,21)22)15(25-27)13-7-9-23-10-14(13)19/h3-7,9-10H,2,8H2,1H3,(H,24,28). The predicted molar refractivity (Wildman–Crippen MR) is 100 cm³/mol. The van der Waals surface area contributed by atoms with Gasteiger partial charge in [-0.25, -0.2) is 14.2 Å². The van der Waals surface area contributed by atoms with Crippen LogP contribution in [0.2, 0.25) is 5.02 Å². The second-order valence-electron chi connectivity index (χ2n) is 5.99. The fourth-order valence-corrected chi connectivity index (χ4v) is 2.77. The highest BCUT2D eigenvalue weighted by Gasteiger charge is 2.30. The molecule has 1 aromatic carbocycles. The Morgan fingerprint density at radius 3 is 2.48 bits per heavy atom. The van der Waals surface area contributed by atoms with E-state index in [1.807, 2.05) is 6.92 Å². The molecule has 0 aliphatic carbocycles. The largest absolute Gasteiger partial charge is 0.416 e. The summed E-state index contributed by atoms with van der Waals surface area (Å²) in [5, 5.41) is 6.75. The number of aromatic nitrogens is 4. The zero-order valence-electron chi connectivity index (χ0n) is 15.1. The zero-order valence-corrected chi connectivity index (χ0v) is 15.8. The van der Waals surface area contributed by atoms with E-state index in [1.165, 1.54) is 18.5 Å². The first-order chi connectivity index (χ1) is 13.7. The molecule has 0 unspecified atom stereocenters. The molecule has 0 aliphatic rings. The summed E-state index contributed by atoms with van der Waals surface area (Å²) in [5.74, 6) is -0.00573. The SMILES string of the molecule is CCCNC(=O)n1nc(-c2ccncc2Cl)n(-c2ccc(C(F)(F)F)cc2)c1=O. The van der Waals surface area contributed by atoms with E-state index in [0.717, 1.165) is 28.8 Å². The molecule has 0 aliphatic heterocycles. The Bertz CT molecular complexity index is 1090. The molecule has 29 heavy (non-hydrogen) atoms. The number of halogens is 4. The summed E-state index contributed by atoms with van der Waals surface area (Å²) in [5.41, 5.74) is -1.33. The van der Waals surface area contributed by atoms with Crippen molar-refractivity contribution in [2.75, 3.05) is 6.54 Å². The first-order valence-electron chi connectivity index (χ1n) is 8.51. The Morgan fingerprint density at radius 2 is 1.90 bits per heavy atom. The number of hydrogen-bond donors (Lipinski definition) is 1. The summed E-state index contributed by atoms with van der Waals surface area (Å²) in [4.78, 5) is 29.0. The molecule has 152 valence electrons. The third-order valence-electron chi connectivity index (χ3n) is 3.96. The number of benzene rings is 1. The molecule has 1 N–H and O–H groups in total. The van der Waals surface area contributed by atoms with Gasteiger partial charge in [0.05, 0.1) is 16.3 Å². The summed E-state index contributed by atoms with van der Waals surface area (Å²) in [7, 11) is 0. The van der Waals surface area contributed by atoms with Crippen molar-refractivity contribution in [3.05, 3.63) is 63.8 Å². The van der Waals surface area contributed by atoms with Crippen molar-refractivity contribution in [1.82, 2.24) is 24.6 Å². The van der Waals surface area contributed by atoms with Crippen molar-refractivity contribution in [2.24, 2.45) is 0 Å². The molecule has 0 saturated heterocycles. The normalized spacial score (nSPS) is 11.5. The molecular weight excluding hydrogens is 411 g/mol. The lowest BCUT2D eigenvalue weighted by molar-refractivity contribution is -0.137. The van der Waals surface area contributed by atoms with Gasteiger partial charge in [0.2, 0.25) is 0 Å². The van der Waals surface area contributed by atoms with Gasteiger partial charge in [-0.3, -0.25) is 4.98 Å². The average molecular weight is 426 g/mol. The maximum Gasteiger partial charge on any atom is 0.416 e. The van der Waals surface area contributed by atoms with Gasteiger partial charge >= 0.3 is 17.9 Å². The van der Waals surface area contributed by atoms with Crippen molar-refractivity contribution in [1.29, 1.82) is 0 Å². The molecule has 3 aromatic rings. The highest BCUT2D eigenvalue weighted by atomic mass is 35.5. The van der Waals surface area contributed by atoms with E-state index in [-0.39, 0.29) is 16.5 Å². The lowest BCUT2D eigenvalue weighted by atomic mass is 10.2. The third-order valence-corrected chi connectivity index (χ3v) is 4.26. The molecule has 0 saturated carbocycles. The van der Waals surface area contributed by atoms with Crippen molar-refractivity contribution >= 4 is 17.6 Å². The van der Waals surface area contributed by atoms with Crippen LogP contribution in [0.25, 0.3) is 17.1 Å². The van der Waals surface area contributed by atoms with Crippen LogP contribution in [0.15, 0.2) is 47.5 Å². The van der Waals surface area contributed by atoms with Crippen LogP contribution < -0.4 is 11.0 Å². The molecule has 0 spiro atoms. The van der Waals surface area contributed by atoms with Crippen LogP contribution in [-0.4, -0.2) is 31.9 Å². The van der Waals surface area contributed by atoms with Gasteiger partial charge in [-0.05, 0) is 36.8 Å². The Balaban J connectivity index is 2.19. The van der Waals surface area contributed by atoms with Crippen molar-refractivity contribution in [3.63, 3.8) is 0 Å². The van der Waals surface area contributed by atoms with Crippen LogP contribution in [-0.2, 0) is 6.18 Å². The van der Waals surface area contributed by atoms with Gasteiger partial charge in [-0.1, -0.05) is 18.5 Å². The smallest absolute Gasteiger partial charge is 0.336 e. The highest BCUT2D eigenvalue weighted by molar-refractivity contribution is 6.33. The van der Waals surface area contributed by atoms with Gasteiger partial charge < -0.3 is 5.32 Å². The molecule has 0 fully saturated rings.